The van der Waals surface area contributed by atoms with Crippen LogP contribution in [0.15, 0.2) is 22.7 Å². The quantitative estimate of drug-likeness (QED) is 0.850. The zero-order valence-corrected chi connectivity index (χ0v) is 8.94. The third kappa shape index (κ3) is 2.64. The summed E-state index contributed by atoms with van der Waals surface area (Å²) < 4.78 is 13.6. The van der Waals surface area contributed by atoms with Crippen LogP contribution < -0.4 is 5.73 Å². The Bertz CT molecular complexity index is 311. The summed E-state index contributed by atoms with van der Waals surface area (Å²) >= 11 is 3.15. The Morgan fingerprint density at radius 3 is 2.77 bits per heavy atom. The molecule has 0 atom stereocenters. The molecule has 1 rings (SSSR count). The molecular formula is C10H11BrFN. The second kappa shape index (κ2) is 4.53. The number of halogens is 2. The molecule has 3 heteroatoms. The van der Waals surface area contributed by atoms with E-state index in [9.17, 15) is 4.39 Å². The maximum atomic E-state index is 13.1. The van der Waals surface area contributed by atoms with Gasteiger partial charge in [-0.15, -0.1) is 0 Å². The van der Waals surface area contributed by atoms with E-state index in [2.05, 4.69) is 15.9 Å². The van der Waals surface area contributed by atoms with Gasteiger partial charge in [0.15, 0.2) is 0 Å². The summed E-state index contributed by atoms with van der Waals surface area (Å²) in [6, 6.07) is 3.51. The molecule has 0 saturated carbocycles. The standard InChI is InChI=1S/C10H11BrFN/c1-7-5-8(3-2-4-13)6-9(11)10(7)12/h2-3,5-6H,4,13H2,1H3/b3-2+. The molecule has 0 unspecified atom stereocenters. The van der Waals surface area contributed by atoms with Gasteiger partial charge in [0.05, 0.1) is 4.47 Å². The van der Waals surface area contributed by atoms with Crippen molar-refractivity contribution in [1.29, 1.82) is 0 Å². The molecule has 70 valence electrons. The predicted octanol–water partition coefficient (Wildman–Crippen LogP) is 2.87. The molecule has 0 heterocycles. The Morgan fingerprint density at radius 1 is 1.54 bits per heavy atom. The third-order valence-corrected chi connectivity index (χ3v) is 2.26. The first kappa shape index (κ1) is 10.4. The second-order valence-corrected chi connectivity index (χ2v) is 3.63. The average Bonchev–Trinajstić information content (AvgIpc) is 2.10. The fourth-order valence-corrected chi connectivity index (χ4v) is 1.63. The molecule has 1 aromatic rings. The summed E-state index contributed by atoms with van der Waals surface area (Å²) in [5, 5.41) is 0. The fourth-order valence-electron chi connectivity index (χ4n) is 1.05. The highest BCUT2D eigenvalue weighted by atomic mass is 79.9. The minimum absolute atomic E-state index is 0.204. The molecule has 0 amide bonds. The van der Waals surface area contributed by atoms with Crippen LogP contribution in [0.25, 0.3) is 6.08 Å². The van der Waals surface area contributed by atoms with Crippen LogP contribution >= 0.6 is 15.9 Å². The largest absolute Gasteiger partial charge is 0.327 e. The maximum absolute atomic E-state index is 13.1. The van der Waals surface area contributed by atoms with Crippen LogP contribution in [0.4, 0.5) is 4.39 Å². The van der Waals surface area contributed by atoms with Crippen LogP contribution in [-0.2, 0) is 0 Å². The lowest BCUT2D eigenvalue weighted by molar-refractivity contribution is 0.611. The van der Waals surface area contributed by atoms with Crippen LogP contribution in [0.3, 0.4) is 0 Å². The van der Waals surface area contributed by atoms with Crippen molar-refractivity contribution in [2.45, 2.75) is 6.92 Å². The summed E-state index contributed by atoms with van der Waals surface area (Å²) in [6.45, 7) is 2.23. The molecule has 0 fully saturated rings. The van der Waals surface area contributed by atoms with Gasteiger partial charge in [-0.05, 0) is 46.1 Å². The van der Waals surface area contributed by atoms with E-state index in [1.165, 1.54) is 0 Å². The molecule has 0 aliphatic heterocycles. The van der Waals surface area contributed by atoms with E-state index in [-0.39, 0.29) is 5.82 Å². The van der Waals surface area contributed by atoms with Crippen molar-refractivity contribution in [3.05, 3.63) is 39.6 Å². The topological polar surface area (TPSA) is 26.0 Å². The molecule has 0 radical (unpaired) electrons. The van der Waals surface area contributed by atoms with E-state index < -0.39 is 0 Å². The molecule has 0 aromatic heterocycles. The Morgan fingerprint density at radius 2 is 2.23 bits per heavy atom. The number of aryl methyl sites for hydroxylation is 1. The van der Waals surface area contributed by atoms with Crippen molar-refractivity contribution in [2.24, 2.45) is 5.73 Å². The number of nitrogens with two attached hydrogens (primary N) is 1. The second-order valence-electron chi connectivity index (χ2n) is 2.77. The van der Waals surface area contributed by atoms with E-state index in [0.29, 0.717) is 16.6 Å². The molecule has 2 N–H and O–H groups in total. The molecule has 1 aromatic carbocycles. The van der Waals surface area contributed by atoms with Gasteiger partial charge in [0.25, 0.3) is 0 Å². The highest BCUT2D eigenvalue weighted by Gasteiger charge is 2.03. The number of rotatable bonds is 2. The number of hydrogen-bond acceptors (Lipinski definition) is 1. The molecular weight excluding hydrogens is 233 g/mol. The van der Waals surface area contributed by atoms with Gasteiger partial charge in [0, 0.05) is 6.54 Å². The normalized spacial score (nSPS) is 11.1. The molecule has 0 saturated heterocycles. The van der Waals surface area contributed by atoms with Crippen molar-refractivity contribution < 1.29 is 4.39 Å². The van der Waals surface area contributed by atoms with Gasteiger partial charge < -0.3 is 5.73 Å². The lowest BCUT2D eigenvalue weighted by Gasteiger charge is -2.01. The zero-order valence-electron chi connectivity index (χ0n) is 7.35. The number of benzene rings is 1. The van der Waals surface area contributed by atoms with Crippen LogP contribution in [-0.4, -0.2) is 6.54 Å². The Balaban J connectivity index is 3.06. The Hall–Kier alpha value is -0.670. The minimum Gasteiger partial charge on any atom is -0.327 e. The number of hydrogen-bond donors (Lipinski definition) is 1. The highest BCUT2D eigenvalue weighted by molar-refractivity contribution is 9.10. The van der Waals surface area contributed by atoms with E-state index in [4.69, 9.17) is 5.73 Å². The van der Waals surface area contributed by atoms with Gasteiger partial charge >= 0.3 is 0 Å². The van der Waals surface area contributed by atoms with Crippen molar-refractivity contribution in [3.63, 3.8) is 0 Å². The molecule has 13 heavy (non-hydrogen) atoms. The van der Waals surface area contributed by atoms with Crippen molar-refractivity contribution >= 4 is 22.0 Å². The van der Waals surface area contributed by atoms with Crippen LogP contribution in [0, 0.1) is 12.7 Å². The van der Waals surface area contributed by atoms with Gasteiger partial charge in [-0.1, -0.05) is 12.2 Å². The van der Waals surface area contributed by atoms with Crippen LogP contribution in [0.5, 0.6) is 0 Å². The lowest BCUT2D eigenvalue weighted by Crippen LogP contribution is -1.92. The Labute approximate surface area is 85.6 Å². The molecule has 0 aliphatic carbocycles. The van der Waals surface area contributed by atoms with E-state index in [1.54, 1.807) is 19.1 Å². The van der Waals surface area contributed by atoms with Crippen molar-refractivity contribution in [1.82, 2.24) is 0 Å². The molecule has 0 aliphatic rings. The maximum Gasteiger partial charge on any atom is 0.140 e. The summed E-state index contributed by atoms with van der Waals surface area (Å²) in [6.07, 6.45) is 3.70. The fraction of sp³-hybridized carbons (Fsp3) is 0.200. The van der Waals surface area contributed by atoms with Crippen LogP contribution in [0.2, 0.25) is 0 Å². The Kier molecular flexibility index (Phi) is 3.63. The first-order valence-corrected chi connectivity index (χ1v) is 4.76. The highest BCUT2D eigenvalue weighted by Crippen LogP contribution is 2.21. The average molecular weight is 244 g/mol. The minimum atomic E-state index is -0.204. The van der Waals surface area contributed by atoms with Gasteiger partial charge in [-0.25, -0.2) is 4.39 Å². The van der Waals surface area contributed by atoms with Crippen LogP contribution in [0.1, 0.15) is 11.1 Å². The third-order valence-electron chi connectivity index (χ3n) is 1.68. The van der Waals surface area contributed by atoms with Gasteiger partial charge in [0.1, 0.15) is 5.82 Å². The van der Waals surface area contributed by atoms with E-state index in [1.807, 2.05) is 12.2 Å². The van der Waals surface area contributed by atoms with Gasteiger partial charge in [0.2, 0.25) is 0 Å². The van der Waals surface area contributed by atoms with E-state index >= 15 is 0 Å². The first-order valence-electron chi connectivity index (χ1n) is 3.97. The predicted molar refractivity (Wildman–Crippen MR) is 56.9 cm³/mol. The molecule has 1 nitrogen and oxygen atoms in total. The van der Waals surface area contributed by atoms with E-state index in [0.717, 1.165) is 5.56 Å². The van der Waals surface area contributed by atoms with Gasteiger partial charge in [-0.2, -0.15) is 0 Å². The monoisotopic (exact) mass is 243 g/mol. The first-order chi connectivity index (χ1) is 6.15. The molecule has 0 spiro atoms. The summed E-state index contributed by atoms with van der Waals surface area (Å²) in [4.78, 5) is 0. The summed E-state index contributed by atoms with van der Waals surface area (Å²) in [5.74, 6) is -0.204. The van der Waals surface area contributed by atoms with Crippen molar-refractivity contribution in [2.75, 3.05) is 6.54 Å². The summed E-state index contributed by atoms with van der Waals surface area (Å²) in [5.41, 5.74) is 6.90. The molecule has 0 bridgehead atoms. The summed E-state index contributed by atoms with van der Waals surface area (Å²) in [7, 11) is 0. The van der Waals surface area contributed by atoms with Crippen molar-refractivity contribution in [3.8, 4) is 0 Å². The van der Waals surface area contributed by atoms with Gasteiger partial charge in [-0.3, -0.25) is 0 Å². The zero-order chi connectivity index (χ0) is 9.84. The SMILES string of the molecule is Cc1cc(/C=C/CN)cc(Br)c1F. The smallest absolute Gasteiger partial charge is 0.140 e. The lowest BCUT2D eigenvalue weighted by atomic mass is 10.1.